The largest absolute Gasteiger partial charge is 0.493 e. The molecule has 0 atom stereocenters. The summed E-state index contributed by atoms with van der Waals surface area (Å²) in [5.41, 5.74) is 3.52. The van der Waals surface area contributed by atoms with Gasteiger partial charge in [-0.2, -0.15) is 0 Å². The highest BCUT2D eigenvalue weighted by Gasteiger charge is 2.06. The standard InChI is InChI=1S/C14H23NO3S/c1-11-7-8-12(2)14(13(11)3)18-9-5-4-6-10-19(15,16)17/h7-8H,4-6,9-10H2,1-3H3,(H2,15,16,17). The molecule has 0 unspecified atom stereocenters. The summed E-state index contributed by atoms with van der Waals surface area (Å²) in [6.45, 7) is 6.75. The van der Waals surface area contributed by atoms with Crippen molar-refractivity contribution < 1.29 is 13.2 Å². The van der Waals surface area contributed by atoms with Crippen LogP contribution < -0.4 is 9.88 Å². The van der Waals surface area contributed by atoms with Crippen LogP contribution in [0.1, 0.15) is 36.0 Å². The number of primary sulfonamides is 1. The van der Waals surface area contributed by atoms with Gasteiger partial charge in [-0.25, -0.2) is 13.6 Å². The Hall–Kier alpha value is -1.07. The smallest absolute Gasteiger partial charge is 0.209 e. The fourth-order valence-electron chi connectivity index (χ4n) is 1.90. The minimum Gasteiger partial charge on any atom is -0.493 e. The number of rotatable bonds is 7. The molecule has 19 heavy (non-hydrogen) atoms. The highest BCUT2D eigenvalue weighted by atomic mass is 32.2. The van der Waals surface area contributed by atoms with Gasteiger partial charge >= 0.3 is 0 Å². The lowest BCUT2D eigenvalue weighted by atomic mass is 10.1. The van der Waals surface area contributed by atoms with E-state index in [9.17, 15) is 8.42 Å². The number of hydrogen-bond acceptors (Lipinski definition) is 3. The molecule has 1 aromatic carbocycles. The van der Waals surface area contributed by atoms with Gasteiger partial charge in [0.1, 0.15) is 5.75 Å². The maximum Gasteiger partial charge on any atom is 0.209 e. The van der Waals surface area contributed by atoms with Crippen molar-refractivity contribution >= 4 is 10.0 Å². The number of nitrogens with two attached hydrogens (primary N) is 1. The molecular formula is C14H23NO3S. The summed E-state index contributed by atoms with van der Waals surface area (Å²) in [6.07, 6.45) is 2.23. The van der Waals surface area contributed by atoms with Gasteiger partial charge in [0, 0.05) is 0 Å². The number of ether oxygens (including phenoxy) is 1. The third kappa shape index (κ3) is 5.61. The molecule has 5 heteroatoms. The normalized spacial score (nSPS) is 11.6. The van der Waals surface area contributed by atoms with Crippen molar-refractivity contribution in [2.45, 2.75) is 40.0 Å². The summed E-state index contributed by atoms with van der Waals surface area (Å²) < 4.78 is 27.3. The van der Waals surface area contributed by atoms with Crippen molar-refractivity contribution in [3.05, 3.63) is 28.8 Å². The van der Waals surface area contributed by atoms with E-state index in [0.29, 0.717) is 13.0 Å². The van der Waals surface area contributed by atoms with Gasteiger partial charge in [-0.3, -0.25) is 0 Å². The van der Waals surface area contributed by atoms with Crippen LogP contribution in [0.4, 0.5) is 0 Å². The number of benzene rings is 1. The highest BCUT2D eigenvalue weighted by Crippen LogP contribution is 2.25. The van der Waals surface area contributed by atoms with Crippen molar-refractivity contribution in [2.24, 2.45) is 5.14 Å². The lowest BCUT2D eigenvalue weighted by Gasteiger charge is -2.13. The van der Waals surface area contributed by atoms with E-state index in [1.807, 2.05) is 6.92 Å². The van der Waals surface area contributed by atoms with Crippen LogP contribution in [-0.4, -0.2) is 20.8 Å². The Bertz CT molecular complexity index is 524. The Morgan fingerprint density at radius 1 is 1.05 bits per heavy atom. The number of aryl methyl sites for hydroxylation is 2. The van der Waals surface area contributed by atoms with E-state index in [1.54, 1.807) is 0 Å². The summed E-state index contributed by atoms with van der Waals surface area (Å²) >= 11 is 0. The molecule has 0 heterocycles. The first-order valence-electron chi connectivity index (χ1n) is 6.51. The van der Waals surface area contributed by atoms with Crippen LogP contribution >= 0.6 is 0 Å². The number of sulfonamides is 1. The molecule has 0 aromatic heterocycles. The molecule has 4 nitrogen and oxygen atoms in total. The van der Waals surface area contributed by atoms with Crippen molar-refractivity contribution in [3.8, 4) is 5.75 Å². The minimum atomic E-state index is -3.32. The van der Waals surface area contributed by atoms with Crippen LogP contribution in [0.5, 0.6) is 5.75 Å². The van der Waals surface area contributed by atoms with Gasteiger partial charge in [0.05, 0.1) is 12.4 Å². The predicted molar refractivity (Wildman–Crippen MR) is 78.0 cm³/mol. The van der Waals surface area contributed by atoms with Gasteiger partial charge < -0.3 is 4.74 Å². The van der Waals surface area contributed by atoms with Crippen molar-refractivity contribution in [3.63, 3.8) is 0 Å². The maximum atomic E-state index is 10.8. The van der Waals surface area contributed by atoms with Gasteiger partial charge in [0.15, 0.2) is 0 Å². The molecule has 0 amide bonds. The fourth-order valence-corrected chi connectivity index (χ4v) is 2.51. The van der Waals surface area contributed by atoms with Crippen LogP contribution in [0, 0.1) is 20.8 Å². The second-order valence-corrected chi connectivity index (χ2v) is 6.66. The van der Waals surface area contributed by atoms with E-state index in [2.05, 4.69) is 26.0 Å². The average Bonchev–Trinajstić information content (AvgIpc) is 2.31. The Morgan fingerprint density at radius 2 is 1.68 bits per heavy atom. The van der Waals surface area contributed by atoms with Crippen LogP contribution in [0.25, 0.3) is 0 Å². The highest BCUT2D eigenvalue weighted by molar-refractivity contribution is 7.89. The predicted octanol–water partition coefficient (Wildman–Crippen LogP) is 2.45. The molecule has 1 aromatic rings. The first-order chi connectivity index (χ1) is 8.81. The van der Waals surface area contributed by atoms with E-state index in [0.717, 1.165) is 24.2 Å². The molecule has 0 saturated heterocycles. The van der Waals surface area contributed by atoms with E-state index >= 15 is 0 Å². The Morgan fingerprint density at radius 3 is 2.32 bits per heavy atom. The Balaban J connectivity index is 2.36. The SMILES string of the molecule is Cc1ccc(C)c(OCCCCCS(N)(=O)=O)c1C. The third-order valence-electron chi connectivity index (χ3n) is 3.19. The van der Waals surface area contributed by atoms with Crippen LogP contribution in [0.2, 0.25) is 0 Å². The quantitative estimate of drug-likeness (QED) is 0.782. The maximum absolute atomic E-state index is 10.8. The zero-order valence-electron chi connectivity index (χ0n) is 11.9. The van der Waals surface area contributed by atoms with Gasteiger partial charge in [0.25, 0.3) is 0 Å². The summed E-state index contributed by atoms with van der Waals surface area (Å²) in [5, 5.41) is 4.94. The molecule has 2 N–H and O–H groups in total. The minimum absolute atomic E-state index is 0.0511. The zero-order chi connectivity index (χ0) is 14.5. The number of hydrogen-bond donors (Lipinski definition) is 1. The molecule has 1 rings (SSSR count). The molecule has 0 spiro atoms. The lowest BCUT2D eigenvalue weighted by Crippen LogP contribution is -2.16. The summed E-state index contributed by atoms with van der Waals surface area (Å²) in [5.74, 6) is 1.00. The van der Waals surface area contributed by atoms with Gasteiger partial charge in [-0.1, -0.05) is 12.1 Å². The topological polar surface area (TPSA) is 69.4 Å². The van der Waals surface area contributed by atoms with E-state index in [4.69, 9.17) is 9.88 Å². The molecule has 0 aliphatic heterocycles. The molecule has 0 radical (unpaired) electrons. The third-order valence-corrected chi connectivity index (χ3v) is 4.05. The molecule has 0 aliphatic carbocycles. The van der Waals surface area contributed by atoms with E-state index < -0.39 is 10.0 Å². The molecule has 0 fully saturated rings. The lowest BCUT2D eigenvalue weighted by molar-refractivity contribution is 0.302. The average molecular weight is 285 g/mol. The van der Waals surface area contributed by atoms with E-state index in [-0.39, 0.29) is 5.75 Å². The molecular weight excluding hydrogens is 262 g/mol. The Kier molecular flexibility index (Phi) is 5.82. The van der Waals surface area contributed by atoms with Crippen molar-refractivity contribution in [2.75, 3.05) is 12.4 Å². The first kappa shape index (κ1) is 16.0. The van der Waals surface area contributed by atoms with Gasteiger partial charge in [0.2, 0.25) is 10.0 Å². The zero-order valence-corrected chi connectivity index (χ0v) is 12.7. The second-order valence-electron chi connectivity index (χ2n) is 4.93. The van der Waals surface area contributed by atoms with Crippen LogP contribution in [0.15, 0.2) is 12.1 Å². The fraction of sp³-hybridized carbons (Fsp3) is 0.571. The van der Waals surface area contributed by atoms with Crippen molar-refractivity contribution in [1.82, 2.24) is 0 Å². The van der Waals surface area contributed by atoms with Crippen LogP contribution in [0.3, 0.4) is 0 Å². The Labute approximate surface area is 116 Å². The van der Waals surface area contributed by atoms with Gasteiger partial charge in [-0.15, -0.1) is 0 Å². The van der Waals surface area contributed by atoms with Crippen LogP contribution in [-0.2, 0) is 10.0 Å². The molecule has 108 valence electrons. The number of unbranched alkanes of at least 4 members (excludes halogenated alkanes) is 2. The second kappa shape index (κ2) is 6.91. The molecule has 0 bridgehead atoms. The molecule has 0 saturated carbocycles. The monoisotopic (exact) mass is 285 g/mol. The van der Waals surface area contributed by atoms with Gasteiger partial charge in [-0.05, 0) is 56.7 Å². The van der Waals surface area contributed by atoms with E-state index in [1.165, 1.54) is 11.1 Å². The summed E-state index contributed by atoms with van der Waals surface area (Å²) in [4.78, 5) is 0. The van der Waals surface area contributed by atoms with Crippen molar-refractivity contribution in [1.29, 1.82) is 0 Å². The summed E-state index contributed by atoms with van der Waals surface area (Å²) in [6, 6.07) is 4.14. The first-order valence-corrected chi connectivity index (χ1v) is 8.23. The molecule has 0 aliphatic rings. The summed E-state index contributed by atoms with van der Waals surface area (Å²) in [7, 11) is -3.32.